The van der Waals surface area contributed by atoms with E-state index in [9.17, 15) is 9.59 Å². The Kier molecular flexibility index (Phi) is 5.60. The number of aromatic nitrogens is 5. The molecule has 0 unspecified atom stereocenters. The molecule has 5 rings (SSSR count). The summed E-state index contributed by atoms with van der Waals surface area (Å²) in [5.41, 5.74) is 4.74. The van der Waals surface area contributed by atoms with E-state index in [0.717, 1.165) is 46.2 Å². The van der Waals surface area contributed by atoms with Crippen LogP contribution in [0.15, 0.2) is 55.5 Å². The molecule has 168 valence electrons. The average Bonchev–Trinajstić information content (AvgIpc) is 3.47. The summed E-state index contributed by atoms with van der Waals surface area (Å²) < 4.78 is 1.61. The van der Waals surface area contributed by atoms with Gasteiger partial charge in [0.2, 0.25) is 11.8 Å². The van der Waals surface area contributed by atoms with Crippen molar-refractivity contribution in [2.75, 3.05) is 19.6 Å². The maximum atomic E-state index is 12.6. The molecule has 1 atom stereocenters. The minimum Gasteiger partial charge on any atom is -0.355 e. The van der Waals surface area contributed by atoms with Crippen LogP contribution in [-0.2, 0) is 16.0 Å². The Bertz CT molecular complexity index is 1340. The first kappa shape index (κ1) is 20.9. The van der Waals surface area contributed by atoms with Gasteiger partial charge in [-0.25, -0.2) is 4.98 Å². The highest BCUT2D eigenvalue weighted by molar-refractivity contribution is 5.97. The molecule has 0 radical (unpaired) electrons. The Balaban J connectivity index is 1.27. The number of carbonyl (C=O) groups excluding carboxylic acids is 2. The van der Waals surface area contributed by atoms with Crippen molar-refractivity contribution in [3.8, 4) is 11.1 Å². The lowest BCUT2D eigenvalue weighted by Crippen LogP contribution is -2.45. The van der Waals surface area contributed by atoms with Gasteiger partial charge >= 0.3 is 0 Å². The molecule has 1 saturated heterocycles. The lowest BCUT2D eigenvalue weighted by Gasteiger charge is -2.31. The summed E-state index contributed by atoms with van der Waals surface area (Å²) in [7, 11) is 0. The van der Waals surface area contributed by atoms with Gasteiger partial charge in [0, 0.05) is 55.1 Å². The zero-order valence-electron chi connectivity index (χ0n) is 18.2. The summed E-state index contributed by atoms with van der Waals surface area (Å²) in [6, 6.07) is 7.93. The van der Waals surface area contributed by atoms with Crippen LogP contribution in [0.5, 0.6) is 0 Å². The number of amides is 2. The van der Waals surface area contributed by atoms with Crippen molar-refractivity contribution in [2.24, 2.45) is 5.92 Å². The second-order valence-electron chi connectivity index (χ2n) is 8.24. The van der Waals surface area contributed by atoms with Crippen LogP contribution in [0.4, 0.5) is 0 Å². The molecule has 1 fully saturated rings. The Morgan fingerprint density at radius 1 is 1.24 bits per heavy atom. The smallest absolute Gasteiger partial charge is 0.245 e. The minimum atomic E-state index is -0.178. The number of aromatic amines is 1. The predicted octanol–water partition coefficient (Wildman–Crippen LogP) is 2.36. The zero-order valence-corrected chi connectivity index (χ0v) is 18.2. The summed E-state index contributed by atoms with van der Waals surface area (Å²) in [6.07, 6.45) is 8.88. The second kappa shape index (κ2) is 8.85. The molecule has 0 bridgehead atoms. The largest absolute Gasteiger partial charge is 0.355 e. The van der Waals surface area contributed by atoms with Crippen molar-refractivity contribution in [3.05, 3.63) is 61.2 Å². The van der Waals surface area contributed by atoms with Gasteiger partial charge in [0.25, 0.3) is 0 Å². The average molecular weight is 444 g/mol. The number of piperidine rings is 1. The van der Waals surface area contributed by atoms with Gasteiger partial charge in [-0.3, -0.25) is 9.59 Å². The van der Waals surface area contributed by atoms with E-state index < -0.39 is 0 Å². The molecule has 2 amide bonds. The maximum Gasteiger partial charge on any atom is 0.245 e. The van der Waals surface area contributed by atoms with E-state index in [1.807, 2.05) is 24.4 Å². The van der Waals surface area contributed by atoms with Crippen LogP contribution in [0.3, 0.4) is 0 Å². The maximum absolute atomic E-state index is 12.6. The van der Waals surface area contributed by atoms with E-state index in [2.05, 4.69) is 38.1 Å². The molecule has 0 spiro atoms. The third-order valence-electron chi connectivity index (χ3n) is 6.15. The molecule has 0 saturated carbocycles. The molecule has 2 N–H and O–H groups in total. The fraction of sp³-hybridized carbons (Fsp3) is 0.292. The van der Waals surface area contributed by atoms with Crippen LogP contribution < -0.4 is 5.32 Å². The van der Waals surface area contributed by atoms with Crippen molar-refractivity contribution in [1.82, 2.24) is 35.0 Å². The topological polar surface area (TPSA) is 108 Å². The molecule has 0 aliphatic carbocycles. The fourth-order valence-corrected chi connectivity index (χ4v) is 4.48. The molecule has 5 heterocycles. The zero-order chi connectivity index (χ0) is 22.8. The van der Waals surface area contributed by atoms with Crippen LogP contribution in [0, 0.1) is 5.92 Å². The van der Waals surface area contributed by atoms with Crippen molar-refractivity contribution in [3.63, 3.8) is 0 Å². The van der Waals surface area contributed by atoms with Crippen LogP contribution in [-0.4, -0.2) is 61.1 Å². The van der Waals surface area contributed by atoms with Gasteiger partial charge in [-0.05, 0) is 48.7 Å². The van der Waals surface area contributed by atoms with Crippen LogP contribution in [0.1, 0.15) is 18.5 Å². The minimum absolute atomic E-state index is 0.00894. The molecular weight excluding hydrogens is 418 g/mol. The lowest BCUT2D eigenvalue weighted by atomic mass is 9.97. The number of likely N-dealkylation sites (tertiary alicyclic amines) is 1. The number of H-pyrrole nitrogens is 1. The summed E-state index contributed by atoms with van der Waals surface area (Å²) in [6.45, 7) is 5.18. The Morgan fingerprint density at radius 3 is 3.03 bits per heavy atom. The fourth-order valence-electron chi connectivity index (χ4n) is 4.48. The van der Waals surface area contributed by atoms with Gasteiger partial charge in [0.05, 0.1) is 17.6 Å². The Hall–Kier alpha value is -4.01. The molecule has 0 aromatic carbocycles. The first-order chi connectivity index (χ1) is 16.1. The highest BCUT2D eigenvalue weighted by atomic mass is 16.2. The van der Waals surface area contributed by atoms with Crippen LogP contribution in [0.25, 0.3) is 27.7 Å². The Morgan fingerprint density at radius 2 is 2.15 bits per heavy atom. The molecule has 33 heavy (non-hydrogen) atoms. The second-order valence-corrected chi connectivity index (χ2v) is 8.24. The van der Waals surface area contributed by atoms with E-state index in [0.29, 0.717) is 26.1 Å². The molecule has 4 aromatic rings. The van der Waals surface area contributed by atoms with Crippen LogP contribution >= 0.6 is 0 Å². The molecule has 4 aromatic heterocycles. The van der Waals surface area contributed by atoms with Gasteiger partial charge in [0.15, 0.2) is 0 Å². The summed E-state index contributed by atoms with van der Waals surface area (Å²) in [5.74, 6) is -0.302. The molecular formula is C24H25N7O2. The van der Waals surface area contributed by atoms with Gasteiger partial charge < -0.3 is 15.2 Å². The normalized spacial score (nSPS) is 16.2. The number of rotatable bonds is 6. The van der Waals surface area contributed by atoms with Crippen molar-refractivity contribution in [1.29, 1.82) is 0 Å². The van der Waals surface area contributed by atoms with Gasteiger partial charge in [-0.2, -0.15) is 14.8 Å². The summed E-state index contributed by atoms with van der Waals surface area (Å²) >= 11 is 0. The first-order valence-electron chi connectivity index (χ1n) is 11.1. The lowest BCUT2D eigenvalue weighted by molar-refractivity contribution is -0.132. The Labute approximate surface area is 190 Å². The molecule has 9 nitrogen and oxygen atoms in total. The van der Waals surface area contributed by atoms with Crippen molar-refractivity contribution >= 4 is 28.4 Å². The highest BCUT2D eigenvalue weighted by Gasteiger charge is 2.27. The number of hydrogen-bond donors (Lipinski definition) is 2. The third-order valence-corrected chi connectivity index (χ3v) is 6.15. The molecule has 9 heteroatoms. The van der Waals surface area contributed by atoms with E-state index in [4.69, 9.17) is 0 Å². The monoisotopic (exact) mass is 443 g/mol. The first-order valence-corrected chi connectivity index (χ1v) is 11.1. The predicted molar refractivity (Wildman–Crippen MR) is 124 cm³/mol. The summed E-state index contributed by atoms with van der Waals surface area (Å²) in [5, 5.41) is 12.6. The van der Waals surface area contributed by atoms with Gasteiger partial charge in [-0.1, -0.05) is 6.58 Å². The van der Waals surface area contributed by atoms with E-state index >= 15 is 0 Å². The van der Waals surface area contributed by atoms with E-state index in [1.165, 1.54) is 6.08 Å². The quantitative estimate of drug-likeness (QED) is 0.445. The number of nitrogens with zero attached hydrogens (tertiary/aromatic N) is 5. The van der Waals surface area contributed by atoms with Crippen molar-refractivity contribution < 1.29 is 9.59 Å². The van der Waals surface area contributed by atoms with E-state index in [-0.39, 0.29) is 17.7 Å². The molecule has 1 aliphatic heterocycles. The number of fused-ring (bicyclic) bond motifs is 2. The van der Waals surface area contributed by atoms with E-state index in [1.54, 1.807) is 21.9 Å². The number of carbonyl (C=O) groups is 2. The van der Waals surface area contributed by atoms with Gasteiger partial charge in [0.1, 0.15) is 5.65 Å². The van der Waals surface area contributed by atoms with Crippen molar-refractivity contribution in [2.45, 2.75) is 19.3 Å². The number of hydrogen-bond acceptors (Lipinski definition) is 5. The van der Waals surface area contributed by atoms with Crippen LogP contribution in [0.2, 0.25) is 0 Å². The number of nitrogens with one attached hydrogen (secondary N) is 2. The molecule has 1 aliphatic rings. The van der Waals surface area contributed by atoms with Gasteiger partial charge in [-0.15, -0.1) is 0 Å². The SMILES string of the molecule is C=CC(=O)N1CCC[C@@H](C(=O)NCCc2cc3c(-c4cnn5ncccc45)ccnc3[nH]2)C1. The third kappa shape index (κ3) is 4.09. The number of pyridine rings is 1. The highest BCUT2D eigenvalue weighted by Crippen LogP contribution is 2.30. The summed E-state index contributed by atoms with van der Waals surface area (Å²) in [4.78, 5) is 34.0. The standard InChI is InChI=1S/C24H25N7O2/c1-2-22(32)30-12-4-5-16(15-30)24(33)26-10-7-17-13-19-18(8-11-25-23(19)29-17)20-14-28-31-21(20)6-3-9-27-31/h2-3,6,8-9,11,13-14,16H,1,4-5,7,10,12,15H2,(H,25,29)(H,26,33)/t16-/m1/s1.